The molecule has 3 aromatic rings. The summed E-state index contributed by atoms with van der Waals surface area (Å²) in [5, 5.41) is 26.1. The predicted molar refractivity (Wildman–Crippen MR) is 89.9 cm³/mol. The van der Waals surface area contributed by atoms with Gasteiger partial charge in [-0.15, -0.1) is 0 Å². The number of nitrogens with zero attached hydrogens (tertiary/aromatic N) is 1. The second-order valence-corrected chi connectivity index (χ2v) is 6.60. The van der Waals surface area contributed by atoms with Crippen molar-refractivity contribution in [3.63, 3.8) is 0 Å². The highest BCUT2D eigenvalue weighted by Crippen LogP contribution is 2.40. The first-order chi connectivity index (χ1) is 11.4. The minimum atomic E-state index is -2.72. The van der Waals surface area contributed by atoms with E-state index in [0.717, 1.165) is 5.56 Å². The van der Waals surface area contributed by atoms with Crippen molar-refractivity contribution >= 4 is 22.6 Å². The van der Waals surface area contributed by atoms with E-state index in [0.29, 0.717) is 21.7 Å². The summed E-state index contributed by atoms with van der Waals surface area (Å²) in [5.41, 5.74) is 2.01. The first-order valence-electron chi connectivity index (χ1n) is 6.84. The fourth-order valence-electron chi connectivity index (χ4n) is 2.32. The summed E-state index contributed by atoms with van der Waals surface area (Å²) in [4.78, 5) is 0.433. The van der Waals surface area contributed by atoms with Crippen LogP contribution in [0.25, 0.3) is 22.4 Å². The van der Waals surface area contributed by atoms with E-state index in [9.17, 15) is 14.4 Å². The fourth-order valence-corrected chi connectivity index (χ4v) is 2.86. The van der Waals surface area contributed by atoms with Gasteiger partial charge in [0.2, 0.25) is 5.76 Å². The summed E-state index contributed by atoms with van der Waals surface area (Å²) < 4.78 is 16.4. The van der Waals surface area contributed by atoms with Crippen LogP contribution in [0, 0.1) is 0 Å². The Morgan fingerprint density at radius 2 is 1.67 bits per heavy atom. The molecule has 0 aliphatic carbocycles. The highest BCUT2D eigenvalue weighted by molar-refractivity contribution is 7.82. The van der Waals surface area contributed by atoms with Crippen LogP contribution in [-0.2, 0) is 16.2 Å². The lowest BCUT2D eigenvalue weighted by Gasteiger charge is -2.12. The van der Waals surface area contributed by atoms with Crippen LogP contribution in [0.5, 0.6) is 0 Å². The molecule has 1 atom stereocenters. The van der Waals surface area contributed by atoms with E-state index in [1.165, 1.54) is 0 Å². The van der Waals surface area contributed by atoms with E-state index >= 15 is 0 Å². The van der Waals surface area contributed by atoms with Gasteiger partial charge in [0.15, 0.2) is 0 Å². The van der Waals surface area contributed by atoms with Gasteiger partial charge in [0.25, 0.3) is 0 Å². The Morgan fingerprint density at radius 1 is 1.04 bits per heavy atom. The molecule has 8 heteroatoms. The third-order valence-electron chi connectivity index (χ3n) is 3.40. The summed E-state index contributed by atoms with van der Waals surface area (Å²) in [7, 11) is -1.61. The van der Waals surface area contributed by atoms with Crippen molar-refractivity contribution in [2.24, 2.45) is 5.14 Å². The molecule has 0 radical (unpaired) electrons. The molecular weight excluding hydrogens is 352 g/mol. The van der Waals surface area contributed by atoms with Gasteiger partial charge in [0, 0.05) is 5.56 Å². The van der Waals surface area contributed by atoms with Crippen molar-refractivity contribution in [1.82, 2.24) is 5.16 Å². The lowest BCUT2D eigenvalue weighted by molar-refractivity contribution is -0.107. The first kappa shape index (κ1) is 16.8. The second kappa shape index (κ2) is 6.46. The van der Waals surface area contributed by atoms with E-state index in [4.69, 9.17) is 21.3 Å². The molecule has 0 fully saturated rings. The van der Waals surface area contributed by atoms with Gasteiger partial charge in [-0.1, -0.05) is 47.6 Å². The lowest BCUT2D eigenvalue weighted by atomic mass is 9.99. The molecule has 2 aromatic carbocycles. The molecule has 0 aliphatic heterocycles. The van der Waals surface area contributed by atoms with E-state index in [2.05, 4.69) is 5.16 Å². The third-order valence-corrected chi connectivity index (χ3v) is 4.31. The Bertz CT molecular complexity index is 873. The molecule has 3 rings (SSSR count). The number of aliphatic hydroxyl groups is 2. The SMILES string of the molecule is NS(=O)c1ccc(-c2c(-c3ccccc3)noc2C(O)(O)Cl)cc1. The molecule has 4 N–H and O–H groups in total. The van der Waals surface area contributed by atoms with Crippen LogP contribution in [0.2, 0.25) is 0 Å². The van der Waals surface area contributed by atoms with Crippen molar-refractivity contribution in [3.8, 4) is 22.4 Å². The van der Waals surface area contributed by atoms with Crippen LogP contribution in [-0.4, -0.2) is 19.6 Å². The Labute approximate surface area is 145 Å². The number of halogens is 1. The van der Waals surface area contributed by atoms with Gasteiger partial charge in [-0.05, 0) is 29.3 Å². The van der Waals surface area contributed by atoms with Crippen molar-refractivity contribution < 1.29 is 18.9 Å². The van der Waals surface area contributed by atoms with Gasteiger partial charge in [0.05, 0.1) is 10.5 Å². The molecule has 0 bridgehead atoms. The highest BCUT2D eigenvalue weighted by Gasteiger charge is 2.34. The molecule has 1 aromatic heterocycles. The van der Waals surface area contributed by atoms with E-state index in [1.54, 1.807) is 36.4 Å². The van der Waals surface area contributed by atoms with Crippen molar-refractivity contribution in [2.75, 3.05) is 0 Å². The molecule has 1 unspecified atom stereocenters. The molecule has 0 saturated heterocycles. The highest BCUT2D eigenvalue weighted by atomic mass is 35.5. The molecule has 0 spiro atoms. The van der Waals surface area contributed by atoms with Crippen LogP contribution in [0.15, 0.2) is 64.0 Å². The van der Waals surface area contributed by atoms with Crippen LogP contribution >= 0.6 is 11.6 Å². The lowest BCUT2D eigenvalue weighted by Crippen LogP contribution is -2.16. The van der Waals surface area contributed by atoms with Gasteiger partial charge in [-0.3, -0.25) is 0 Å². The van der Waals surface area contributed by atoms with Crippen LogP contribution in [0.4, 0.5) is 0 Å². The number of nitrogens with two attached hydrogens (primary N) is 1. The zero-order valence-electron chi connectivity index (χ0n) is 12.2. The maximum absolute atomic E-state index is 11.3. The standard InChI is InChI=1S/C16H13ClN2O4S/c17-16(20,21)15-13(10-6-8-12(9-7-10)24(18)22)14(19-23-15)11-4-2-1-3-5-11/h1-9,20-21H,18H2. The molecule has 0 aliphatic rings. The Morgan fingerprint density at radius 3 is 2.21 bits per heavy atom. The quantitative estimate of drug-likeness (QED) is 0.486. The van der Waals surface area contributed by atoms with Crippen LogP contribution < -0.4 is 5.14 Å². The zero-order chi connectivity index (χ0) is 17.3. The number of hydrogen-bond acceptors (Lipinski definition) is 5. The molecule has 0 saturated carbocycles. The minimum absolute atomic E-state index is 0.301. The Balaban J connectivity index is 2.20. The maximum atomic E-state index is 11.3. The predicted octanol–water partition coefficient (Wildman–Crippen LogP) is 2.32. The Kier molecular flexibility index (Phi) is 4.53. The average Bonchev–Trinajstić information content (AvgIpc) is 3.01. The average molecular weight is 365 g/mol. The number of aromatic nitrogens is 1. The molecular formula is C16H13ClN2O4S. The van der Waals surface area contributed by atoms with Crippen molar-refractivity contribution in [3.05, 3.63) is 60.4 Å². The number of rotatable bonds is 4. The van der Waals surface area contributed by atoms with E-state index < -0.39 is 16.2 Å². The second-order valence-electron chi connectivity index (χ2n) is 5.01. The monoisotopic (exact) mass is 364 g/mol. The summed E-state index contributed by atoms with van der Waals surface area (Å²) in [5.74, 6) is -0.301. The molecule has 124 valence electrons. The minimum Gasteiger partial charge on any atom is -0.353 e. The fraction of sp³-hybridized carbons (Fsp3) is 0.0625. The van der Waals surface area contributed by atoms with Crippen LogP contribution in [0.3, 0.4) is 0 Å². The van der Waals surface area contributed by atoms with Crippen molar-refractivity contribution in [1.29, 1.82) is 0 Å². The van der Waals surface area contributed by atoms with E-state index in [-0.39, 0.29) is 5.76 Å². The van der Waals surface area contributed by atoms with Gasteiger partial charge in [0.1, 0.15) is 16.7 Å². The molecule has 24 heavy (non-hydrogen) atoms. The van der Waals surface area contributed by atoms with Gasteiger partial charge in [-0.25, -0.2) is 9.35 Å². The van der Waals surface area contributed by atoms with E-state index in [1.807, 2.05) is 18.2 Å². The topological polar surface area (TPSA) is 110 Å². The van der Waals surface area contributed by atoms with Crippen LogP contribution in [0.1, 0.15) is 5.76 Å². The van der Waals surface area contributed by atoms with Crippen molar-refractivity contribution in [2.45, 2.75) is 10.1 Å². The zero-order valence-corrected chi connectivity index (χ0v) is 13.8. The number of benzene rings is 2. The number of hydrogen-bond donors (Lipinski definition) is 3. The summed E-state index contributed by atoms with van der Waals surface area (Å²) in [6.45, 7) is 0. The van der Waals surface area contributed by atoms with Gasteiger partial charge in [-0.2, -0.15) is 0 Å². The number of alkyl halides is 1. The largest absolute Gasteiger partial charge is 0.353 e. The first-order valence-corrected chi connectivity index (χ1v) is 8.43. The maximum Gasteiger partial charge on any atom is 0.308 e. The summed E-state index contributed by atoms with van der Waals surface area (Å²) >= 11 is 5.60. The molecule has 6 nitrogen and oxygen atoms in total. The molecule has 1 heterocycles. The summed E-state index contributed by atoms with van der Waals surface area (Å²) in [6.07, 6.45) is 0. The normalized spacial score (nSPS) is 13.0. The van der Waals surface area contributed by atoms with Gasteiger partial charge < -0.3 is 14.7 Å². The molecule has 0 amide bonds. The van der Waals surface area contributed by atoms with Gasteiger partial charge >= 0.3 is 5.25 Å². The third kappa shape index (κ3) is 3.26. The summed E-state index contributed by atoms with van der Waals surface area (Å²) in [6, 6.07) is 15.5. The smallest absolute Gasteiger partial charge is 0.308 e. The Hall–Kier alpha value is -2.03.